The molecule has 0 atom stereocenters. The summed E-state index contributed by atoms with van der Waals surface area (Å²) in [6.45, 7) is 10.6. The third-order valence-electron chi connectivity index (χ3n) is 6.80. The van der Waals surface area contributed by atoms with E-state index in [0.717, 1.165) is 44.6 Å². The van der Waals surface area contributed by atoms with E-state index < -0.39 is 15.6 Å². The first-order chi connectivity index (χ1) is 15.6. The number of amides is 1. The van der Waals surface area contributed by atoms with Crippen LogP contribution in [0.25, 0.3) is 0 Å². The van der Waals surface area contributed by atoms with Gasteiger partial charge in [0.15, 0.2) is 0 Å². The maximum Gasteiger partial charge on any atom is 0.410 e. The predicted molar refractivity (Wildman–Crippen MR) is 125 cm³/mol. The summed E-state index contributed by atoms with van der Waals surface area (Å²) in [4.78, 5) is 20.9. The van der Waals surface area contributed by atoms with Gasteiger partial charge in [0.25, 0.3) is 0 Å². The van der Waals surface area contributed by atoms with E-state index in [4.69, 9.17) is 9.47 Å². The zero-order chi connectivity index (χ0) is 23.7. The van der Waals surface area contributed by atoms with Gasteiger partial charge >= 0.3 is 6.09 Å². The highest BCUT2D eigenvalue weighted by Crippen LogP contribution is 2.41. The summed E-state index contributed by atoms with van der Waals surface area (Å²) in [5, 5.41) is 0. The molecule has 4 heterocycles. The Hall–Kier alpha value is -1.91. The Labute approximate surface area is 197 Å². The Morgan fingerprint density at radius 2 is 1.76 bits per heavy atom. The monoisotopic (exact) mass is 480 g/mol. The van der Waals surface area contributed by atoms with Crippen molar-refractivity contribution in [1.29, 1.82) is 0 Å². The Balaban J connectivity index is 1.40. The molecule has 0 unspecified atom stereocenters. The van der Waals surface area contributed by atoms with Crippen LogP contribution in [0.4, 0.5) is 10.6 Å². The summed E-state index contributed by atoms with van der Waals surface area (Å²) in [6.07, 6.45) is 4.57. The van der Waals surface area contributed by atoms with Crippen molar-refractivity contribution < 1.29 is 22.7 Å². The molecule has 0 aromatic carbocycles. The molecule has 0 N–H and O–H groups in total. The normalized spacial score (nSPS) is 22.4. The molecule has 0 saturated carbocycles. The average Bonchev–Trinajstić information content (AvgIpc) is 2.79. The van der Waals surface area contributed by atoms with Crippen LogP contribution in [0.2, 0.25) is 0 Å². The molecule has 1 amide bonds. The third kappa shape index (κ3) is 5.60. The van der Waals surface area contributed by atoms with Gasteiger partial charge in [-0.25, -0.2) is 18.2 Å². The standard InChI is InChI=1S/C23H36N4O5S/c1-22(2,3)32-21(28)26-11-8-23(9-12-26)7-4-10-27(18-23)33(29,30)19-5-6-20(24-17-19)25-13-15-31-16-14-25/h5-6,17H,4,7-16,18H2,1-3H3. The van der Waals surface area contributed by atoms with Gasteiger partial charge in [-0.3, -0.25) is 0 Å². The van der Waals surface area contributed by atoms with Crippen molar-refractivity contribution in [2.75, 3.05) is 57.4 Å². The maximum atomic E-state index is 13.4. The number of anilines is 1. The maximum absolute atomic E-state index is 13.4. The Morgan fingerprint density at radius 3 is 2.36 bits per heavy atom. The number of aromatic nitrogens is 1. The Morgan fingerprint density at radius 1 is 1.06 bits per heavy atom. The summed E-state index contributed by atoms with van der Waals surface area (Å²) < 4.78 is 39.3. The van der Waals surface area contributed by atoms with Crippen LogP contribution in [-0.4, -0.2) is 86.8 Å². The number of hydrogen-bond donors (Lipinski definition) is 0. The lowest BCUT2D eigenvalue weighted by Gasteiger charge is -2.47. The van der Waals surface area contributed by atoms with E-state index in [9.17, 15) is 13.2 Å². The molecule has 3 aliphatic heterocycles. The number of carbonyl (C=O) groups excluding carboxylic acids is 1. The topological polar surface area (TPSA) is 92.3 Å². The van der Waals surface area contributed by atoms with Gasteiger partial charge in [-0.05, 0) is 64.0 Å². The van der Waals surface area contributed by atoms with Gasteiger partial charge in [0.2, 0.25) is 10.0 Å². The molecule has 4 rings (SSSR count). The fourth-order valence-corrected chi connectivity index (χ4v) is 6.46. The second-order valence-corrected chi connectivity index (χ2v) is 12.3. The van der Waals surface area contributed by atoms with Gasteiger partial charge in [0.05, 0.1) is 13.2 Å². The lowest BCUT2D eigenvalue weighted by molar-refractivity contribution is 0.00173. The van der Waals surface area contributed by atoms with Gasteiger partial charge in [0, 0.05) is 45.5 Å². The molecule has 0 aliphatic carbocycles. The first-order valence-electron chi connectivity index (χ1n) is 11.8. The fourth-order valence-electron chi connectivity index (χ4n) is 4.92. The van der Waals surface area contributed by atoms with Crippen LogP contribution in [0.3, 0.4) is 0 Å². The van der Waals surface area contributed by atoms with Crippen molar-refractivity contribution in [3.05, 3.63) is 18.3 Å². The molecule has 184 valence electrons. The second-order valence-electron chi connectivity index (χ2n) is 10.4. The number of morpholine rings is 1. The highest BCUT2D eigenvalue weighted by atomic mass is 32.2. The lowest BCUT2D eigenvalue weighted by atomic mass is 9.73. The molecule has 1 aromatic heterocycles. The number of likely N-dealkylation sites (tertiary alicyclic amines) is 1. The van der Waals surface area contributed by atoms with Crippen molar-refractivity contribution in [1.82, 2.24) is 14.2 Å². The summed E-state index contributed by atoms with van der Waals surface area (Å²) in [5.41, 5.74) is -0.613. The molecule has 1 spiro atoms. The predicted octanol–water partition coefficient (Wildman–Crippen LogP) is 2.72. The highest BCUT2D eigenvalue weighted by Gasteiger charge is 2.43. The smallest absolute Gasteiger partial charge is 0.410 e. The number of sulfonamides is 1. The molecular weight excluding hydrogens is 444 g/mol. The zero-order valence-electron chi connectivity index (χ0n) is 20.0. The molecule has 10 heteroatoms. The van der Waals surface area contributed by atoms with Gasteiger partial charge in [-0.1, -0.05) is 0 Å². The van der Waals surface area contributed by atoms with Gasteiger partial charge in [0.1, 0.15) is 16.3 Å². The molecule has 3 fully saturated rings. The van der Waals surface area contributed by atoms with E-state index in [0.29, 0.717) is 39.4 Å². The number of hydrogen-bond acceptors (Lipinski definition) is 7. The number of carbonyl (C=O) groups is 1. The Bertz CT molecular complexity index is 931. The molecule has 3 aliphatic rings. The first kappa shape index (κ1) is 24.2. The minimum Gasteiger partial charge on any atom is -0.444 e. The average molecular weight is 481 g/mol. The zero-order valence-corrected chi connectivity index (χ0v) is 20.8. The van der Waals surface area contributed by atoms with E-state index in [1.807, 2.05) is 20.8 Å². The van der Waals surface area contributed by atoms with Crippen LogP contribution in [0.1, 0.15) is 46.5 Å². The number of piperidine rings is 2. The van der Waals surface area contributed by atoms with Crippen molar-refractivity contribution in [2.45, 2.75) is 57.0 Å². The molecule has 0 radical (unpaired) electrons. The molecule has 1 aromatic rings. The van der Waals surface area contributed by atoms with Gasteiger partial charge in [-0.15, -0.1) is 0 Å². The van der Waals surface area contributed by atoms with Crippen LogP contribution in [-0.2, 0) is 19.5 Å². The van der Waals surface area contributed by atoms with Crippen molar-refractivity contribution in [2.24, 2.45) is 5.41 Å². The highest BCUT2D eigenvalue weighted by molar-refractivity contribution is 7.89. The number of ether oxygens (including phenoxy) is 2. The first-order valence-corrected chi connectivity index (χ1v) is 13.3. The third-order valence-corrected chi connectivity index (χ3v) is 8.62. The number of nitrogens with zero attached hydrogens (tertiary/aromatic N) is 4. The molecule has 0 bridgehead atoms. The van der Waals surface area contributed by atoms with Crippen LogP contribution >= 0.6 is 0 Å². The van der Waals surface area contributed by atoms with E-state index >= 15 is 0 Å². The molecule has 9 nitrogen and oxygen atoms in total. The summed E-state index contributed by atoms with van der Waals surface area (Å²) in [6, 6.07) is 3.46. The van der Waals surface area contributed by atoms with Crippen LogP contribution in [0, 0.1) is 5.41 Å². The second kappa shape index (κ2) is 9.38. The SMILES string of the molecule is CC(C)(C)OC(=O)N1CCC2(CCCN(S(=O)(=O)c3ccc(N4CCOCC4)nc3)C2)CC1. The summed E-state index contributed by atoms with van der Waals surface area (Å²) >= 11 is 0. The van der Waals surface area contributed by atoms with Crippen molar-refractivity contribution >= 4 is 21.9 Å². The number of pyridine rings is 1. The van der Waals surface area contributed by atoms with Crippen LogP contribution < -0.4 is 4.90 Å². The van der Waals surface area contributed by atoms with E-state index in [1.54, 1.807) is 21.3 Å². The van der Waals surface area contributed by atoms with Gasteiger partial charge < -0.3 is 19.3 Å². The van der Waals surface area contributed by atoms with E-state index in [-0.39, 0.29) is 16.4 Å². The Kier molecular flexibility index (Phi) is 6.89. The van der Waals surface area contributed by atoms with Crippen LogP contribution in [0.15, 0.2) is 23.2 Å². The molecule has 33 heavy (non-hydrogen) atoms. The molecule has 3 saturated heterocycles. The molecular formula is C23H36N4O5S. The lowest BCUT2D eigenvalue weighted by Crippen LogP contribution is -2.52. The summed E-state index contributed by atoms with van der Waals surface area (Å²) in [5.74, 6) is 0.780. The van der Waals surface area contributed by atoms with Gasteiger partial charge in [-0.2, -0.15) is 4.31 Å². The number of rotatable bonds is 3. The minimum atomic E-state index is -3.62. The largest absolute Gasteiger partial charge is 0.444 e. The van der Waals surface area contributed by atoms with Crippen molar-refractivity contribution in [3.8, 4) is 0 Å². The summed E-state index contributed by atoms with van der Waals surface area (Å²) in [7, 11) is -3.62. The fraction of sp³-hybridized carbons (Fsp3) is 0.739. The minimum absolute atomic E-state index is 0.0923. The van der Waals surface area contributed by atoms with Crippen LogP contribution in [0.5, 0.6) is 0 Å². The quantitative estimate of drug-likeness (QED) is 0.657. The van der Waals surface area contributed by atoms with Crippen molar-refractivity contribution in [3.63, 3.8) is 0 Å². The van der Waals surface area contributed by atoms with E-state index in [1.165, 1.54) is 6.20 Å². The van der Waals surface area contributed by atoms with E-state index in [2.05, 4.69) is 9.88 Å².